The van der Waals surface area contributed by atoms with E-state index in [1.807, 2.05) is 18.4 Å². The topological polar surface area (TPSA) is 57.6 Å². The molecule has 17 heavy (non-hydrogen) atoms. The summed E-state index contributed by atoms with van der Waals surface area (Å²) in [7, 11) is 1.76. The van der Waals surface area contributed by atoms with Crippen molar-refractivity contribution in [3.63, 3.8) is 0 Å². The Balaban J connectivity index is 2.62. The van der Waals surface area contributed by atoms with Crippen LogP contribution in [0.2, 0.25) is 0 Å². The van der Waals surface area contributed by atoms with E-state index < -0.39 is 5.97 Å². The van der Waals surface area contributed by atoms with Gasteiger partial charge in [-0.3, -0.25) is 4.79 Å². The molecule has 0 saturated carbocycles. The molecule has 5 heteroatoms. The predicted molar refractivity (Wildman–Crippen MR) is 67.8 cm³/mol. The molecule has 0 spiro atoms. The molecule has 92 valence electrons. The average molecular weight is 253 g/mol. The number of carbonyl (C=O) groups excluding carboxylic acids is 1. The molecular formula is C12H15NO3S. The minimum Gasteiger partial charge on any atom is -0.478 e. The highest BCUT2D eigenvalue weighted by Gasteiger charge is 2.07. The highest BCUT2D eigenvalue weighted by atomic mass is 32.1. The smallest absolute Gasteiger partial charge is 0.328 e. The van der Waals surface area contributed by atoms with Crippen LogP contribution in [-0.2, 0) is 16.1 Å². The molecule has 4 nitrogen and oxygen atoms in total. The number of carboxylic acid groups (broad SMARTS) is 1. The zero-order valence-electron chi connectivity index (χ0n) is 9.84. The summed E-state index contributed by atoms with van der Waals surface area (Å²) in [4.78, 5) is 24.3. The van der Waals surface area contributed by atoms with Crippen molar-refractivity contribution in [3.05, 3.63) is 28.0 Å². The molecule has 0 aliphatic rings. The van der Waals surface area contributed by atoms with Crippen molar-refractivity contribution in [2.75, 3.05) is 7.05 Å². The van der Waals surface area contributed by atoms with Gasteiger partial charge < -0.3 is 10.0 Å². The number of amides is 1. The molecule has 1 aromatic heterocycles. The number of rotatable bonds is 5. The molecule has 1 aromatic rings. The van der Waals surface area contributed by atoms with Crippen LogP contribution in [0.5, 0.6) is 0 Å². The number of hydrogen-bond donors (Lipinski definition) is 1. The maximum atomic E-state index is 11.4. The maximum Gasteiger partial charge on any atom is 0.328 e. The van der Waals surface area contributed by atoms with Gasteiger partial charge >= 0.3 is 5.97 Å². The van der Waals surface area contributed by atoms with Gasteiger partial charge in [-0.05, 0) is 23.1 Å². The Labute approximate surface area is 104 Å². The van der Waals surface area contributed by atoms with Gasteiger partial charge in [-0.15, -0.1) is 11.3 Å². The molecular weight excluding hydrogens is 238 g/mol. The lowest BCUT2D eigenvalue weighted by molar-refractivity contribution is -0.131. The Kier molecular flexibility index (Phi) is 4.90. The molecule has 0 bridgehead atoms. The number of nitrogens with zero attached hydrogens (tertiary/aromatic N) is 1. The normalized spacial score (nSPS) is 10.7. The van der Waals surface area contributed by atoms with Crippen LogP contribution in [0.3, 0.4) is 0 Å². The molecule has 1 rings (SSSR count). The quantitative estimate of drug-likeness (QED) is 0.818. The first-order chi connectivity index (χ1) is 8.02. The molecule has 1 N–H and O–H groups in total. The van der Waals surface area contributed by atoms with Gasteiger partial charge in [0.2, 0.25) is 5.91 Å². The molecule has 1 heterocycles. The van der Waals surface area contributed by atoms with E-state index >= 15 is 0 Å². The average Bonchev–Trinajstić information content (AvgIpc) is 2.73. The number of thiophene rings is 1. The van der Waals surface area contributed by atoms with E-state index in [-0.39, 0.29) is 5.91 Å². The van der Waals surface area contributed by atoms with Crippen LogP contribution < -0.4 is 0 Å². The molecule has 0 aliphatic heterocycles. The maximum absolute atomic E-state index is 11.4. The lowest BCUT2D eigenvalue weighted by Gasteiger charge is -2.14. The van der Waals surface area contributed by atoms with Gasteiger partial charge in [-0.1, -0.05) is 6.92 Å². The second kappa shape index (κ2) is 6.20. The molecule has 0 aromatic carbocycles. The number of carboxylic acids is 1. The summed E-state index contributed by atoms with van der Waals surface area (Å²) in [6, 6.07) is 1.89. The molecule has 0 atom stereocenters. The highest BCUT2D eigenvalue weighted by Crippen LogP contribution is 2.17. The Bertz CT molecular complexity index is 437. The van der Waals surface area contributed by atoms with E-state index in [0.29, 0.717) is 13.0 Å². The third-order valence-corrected chi connectivity index (χ3v) is 3.16. The van der Waals surface area contributed by atoms with Crippen LogP contribution in [0.1, 0.15) is 23.8 Å². The van der Waals surface area contributed by atoms with Crippen LogP contribution in [0.4, 0.5) is 0 Å². The van der Waals surface area contributed by atoms with Crippen LogP contribution in [0, 0.1) is 0 Å². The Morgan fingerprint density at radius 3 is 2.82 bits per heavy atom. The summed E-state index contributed by atoms with van der Waals surface area (Å²) in [6.45, 7) is 2.39. The first-order valence-electron chi connectivity index (χ1n) is 5.25. The third-order valence-electron chi connectivity index (χ3n) is 2.21. The third kappa shape index (κ3) is 4.40. The fourth-order valence-electron chi connectivity index (χ4n) is 1.35. The van der Waals surface area contributed by atoms with E-state index in [0.717, 1.165) is 16.5 Å². The number of hydrogen-bond acceptors (Lipinski definition) is 3. The summed E-state index contributed by atoms with van der Waals surface area (Å²) in [5, 5.41) is 10.4. The Morgan fingerprint density at radius 1 is 1.53 bits per heavy atom. The van der Waals surface area contributed by atoms with Crippen molar-refractivity contribution in [2.24, 2.45) is 0 Å². The molecule has 0 radical (unpaired) electrons. The Morgan fingerprint density at radius 2 is 2.24 bits per heavy atom. The van der Waals surface area contributed by atoms with Crippen LogP contribution in [-0.4, -0.2) is 28.9 Å². The van der Waals surface area contributed by atoms with Gasteiger partial charge in [0.1, 0.15) is 0 Å². The fraction of sp³-hybridized carbons (Fsp3) is 0.333. The first kappa shape index (κ1) is 13.4. The predicted octanol–water partition coefficient (Wildman–Crippen LogP) is 2.21. The van der Waals surface area contributed by atoms with Crippen molar-refractivity contribution < 1.29 is 14.7 Å². The van der Waals surface area contributed by atoms with E-state index in [9.17, 15) is 9.59 Å². The summed E-state index contributed by atoms with van der Waals surface area (Å²) in [5.41, 5.74) is 1.02. The van der Waals surface area contributed by atoms with Crippen molar-refractivity contribution >= 4 is 29.3 Å². The molecule has 0 unspecified atom stereocenters. The van der Waals surface area contributed by atoms with Crippen molar-refractivity contribution in [3.8, 4) is 0 Å². The van der Waals surface area contributed by atoms with Crippen LogP contribution >= 0.6 is 11.3 Å². The minimum atomic E-state index is -0.960. The highest BCUT2D eigenvalue weighted by molar-refractivity contribution is 7.11. The van der Waals surface area contributed by atoms with Gasteiger partial charge in [0, 0.05) is 31.0 Å². The Hall–Kier alpha value is -1.62. The van der Waals surface area contributed by atoms with Gasteiger partial charge in [0.25, 0.3) is 0 Å². The summed E-state index contributed by atoms with van der Waals surface area (Å²) in [5.74, 6) is -0.864. The van der Waals surface area contributed by atoms with Crippen LogP contribution in [0.15, 0.2) is 17.5 Å². The monoisotopic (exact) mass is 253 g/mol. The van der Waals surface area contributed by atoms with Gasteiger partial charge in [-0.25, -0.2) is 4.79 Å². The van der Waals surface area contributed by atoms with Crippen molar-refractivity contribution in [1.82, 2.24) is 4.90 Å². The zero-order chi connectivity index (χ0) is 12.8. The number of carbonyl (C=O) groups is 2. The molecule has 0 aliphatic carbocycles. The van der Waals surface area contributed by atoms with E-state index in [2.05, 4.69) is 0 Å². The van der Waals surface area contributed by atoms with Crippen molar-refractivity contribution in [2.45, 2.75) is 19.9 Å². The van der Waals surface area contributed by atoms with E-state index in [1.54, 1.807) is 18.0 Å². The number of aliphatic carboxylic acids is 1. The lowest BCUT2D eigenvalue weighted by atomic mass is 10.2. The lowest BCUT2D eigenvalue weighted by Crippen LogP contribution is -2.24. The second-order valence-corrected chi connectivity index (χ2v) is 4.58. The molecule has 1 amide bonds. The fourth-order valence-corrected chi connectivity index (χ4v) is 2.15. The van der Waals surface area contributed by atoms with Crippen LogP contribution in [0.25, 0.3) is 6.08 Å². The largest absolute Gasteiger partial charge is 0.478 e. The second-order valence-electron chi connectivity index (χ2n) is 3.63. The first-order valence-corrected chi connectivity index (χ1v) is 6.13. The van der Waals surface area contributed by atoms with Gasteiger partial charge in [0.05, 0.1) is 0 Å². The standard InChI is InChI=1S/C12H15NO3S/c1-3-11(14)13(2)7-9-6-10(17-8-9)4-5-12(15)16/h4-6,8H,3,7H2,1-2H3,(H,15,16). The molecule has 0 fully saturated rings. The van der Waals surface area contributed by atoms with E-state index in [1.165, 1.54) is 11.3 Å². The minimum absolute atomic E-state index is 0.0961. The van der Waals surface area contributed by atoms with Gasteiger partial charge in [0.15, 0.2) is 0 Å². The van der Waals surface area contributed by atoms with E-state index in [4.69, 9.17) is 5.11 Å². The zero-order valence-corrected chi connectivity index (χ0v) is 10.7. The summed E-state index contributed by atoms with van der Waals surface area (Å²) in [6.07, 6.45) is 3.15. The molecule has 0 saturated heterocycles. The summed E-state index contributed by atoms with van der Waals surface area (Å²) < 4.78 is 0. The SMILES string of the molecule is CCC(=O)N(C)Cc1csc(C=CC(=O)O)c1. The van der Waals surface area contributed by atoms with Crippen molar-refractivity contribution in [1.29, 1.82) is 0 Å². The van der Waals surface area contributed by atoms with Gasteiger partial charge in [-0.2, -0.15) is 0 Å². The summed E-state index contributed by atoms with van der Waals surface area (Å²) >= 11 is 1.46.